The molecule has 168 valence electrons. The standard InChI is InChI=1S/C26H51N.BrH/c1-4-7-10-11-12-13-14-15-16-17-18-19-20-21-22-23-26-27(24-8-5-2)25-9-6-3;/h5-6H,2-4,7-26H2,1H3;1H. The maximum absolute atomic E-state index is 3.86. The Kier molecular flexibility index (Phi) is 29.0. The summed E-state index contributed by atoms with van der Waals surface area (Å²) in [6, 6.07) is 0. The van der Waals surface area contributed by atoms with E-state index in [-0.39, 0.29) is 17.0 Å². The molecule has 0 aliphatic rings. The van der Waals surface area contributed by atoms with Crippen LogP contribution in [0.15, 0.2) is 25.3 Å². The number of halogens is 1. The lowest BCUT2D eigenvalue weighted by Gasteiger charge is -2.18. The topological polar surface area (TPSA) is 4.44 Å². The minimum atomic E-state index is 0. The molecule has 0 heterocycles. The molecule has 1 nitrogen and oxygen atoms in total. The molecule has 0 radical (unpaired) electrons. The van der Waals surface area contributed by atoms with E-state index >= 15 is 0 Å². The lowest BCUT2D eigenvalue weighted by atomic mass is 10.0. The van der Waals surface area contributed by atoms with Crippen LogP contribution in [0, 0.1) is 0 Å². The van der Waals surface area contributed by atoms with E-state index in [1.807, 2.05) is 0 Å². The van der Waals surface area contributed by atoms with Gasteiger partial charge in [-0.1, -0.05) is 109 Å². The summed E-state index contributed by atoms with van der Waals surface area (Å²) in [5, 5.41) is 0. The molecule has 0 bridgehead atoms. The first-order valence-corrected chi connectivity index (χ1v) is 12.4. The molecule has 0 unspecified atom stereocenters. The predicted molar refractivity (Wildman–Crippen MR) is 125 cm³/mol. The maximum Gasteiger partial charge on any atom is 0.0805 e. The van der Waals surface area contributed by atoms with E-state index in [2.05, 4.69) is 32.2 Å². The normalized spacial score (nSPS) is 10.8. The Balaban J connectivity index is 0. The van der Waals surface area contributed by atoms with Gasteiger partial charge in [0, 0.05) is 12.8 Å². The van der Waals surface area contributed by atoms with Crippen LogP contribution < -0.4 is 21.9 Å². The molecule has 0 rings (SSSR count). The van der Waals surface area contributed by atoms with E-state index in [9.17, 15) is 0 Å². The quantitative estimate of drug-likeness (QED) is 0.172. The van der Waals surface area contributed by atoms with Gasteiger partial charge < -0.3 is 21.9 Å². The third-order valence-electron chi connectivity index (χ3n) is 5.79. The average Bonchev–Trinajstić information content (AvgIpc) is 2.69. The first-order chi connectivity index (χ1) is 13.3. The second-order valence-electron chi connectivity index (χ2n) is 8.46. The summed E-state index contributed by atoms with van der Waals surface area (Å²) in [6.45, 7) is 13.8. The van der Waals surface area contributed by atoms with Crippen molar-refractivity contribution in [3.8, 4) is 0 Å². The van der Waals surface area contributed by atoms with Crippen molar-refractivity contribution in [3.05, 3.63) is 25.3 Å². The Bertz CT molecular complexity index is 291. The van der Waals surface area contributed by atoms with Gasteiger partial charge in [0.25, 0.3) is 0 Å². The van der Waals surface area contributed by atoms with Crippen LogP contribution in [0.4, 0.5) is 0 Å². The SMILES string of the molecule is C=CCC[NH+](CCC=C)CCCCCCCCCCCCCCCCCC.[Br-]. The second kappa shape index (κ2) is 26.9. The van der Waals surface area contributed by atoms with E-state index in [0.29, 0.717) is 0 Å². The number of hydrogen-bond acceptors (Lipinski definition) is 0. The Labute approximate surface area is 189 Å². The summed E-state index contributed by atoms with van der Waals surface area (Å²) < 4.78 is 0. The molecular formula is C26H52BrN. The summed E-state index contributed by atoms with van der Waals surface area (Å²) >= 11 is 0. The molecule has 0 aromatic heterocycles. The van der Waals surface area contributed by atoms with E-state index in [4.69, 9.17) is 0 Å². The Morgan fingerprint density at radius 2 is 0.821 bits per heavy atom. The highest BCUT2D eigenvalue weighted by molar-refractivity contribution is 4.66. The second-order valence-corrected chi connectivity index (χ2v) is 8.46. The predicted octanol–water partition coefficient (Wildman–Crippen LogP) is 4.29. The van der Waals surface area contributed by atoms with Gasteiger partial charge >= 0.3 is 0 Å². The van der Waals surface area contributed by atoms with Gasteiger partial charge in [-0.25, -0.2) is 0 Å². The lowest BCUT2D eigenvalue weighted by Crippen LogP contribution is -3.12. The monoisotopic (exact) mass is 457 g/mol. The smallest absolute Gasteiger partial charge is 0.0805 e. The summed E-state index contributed by atoms with van der Waals surface area (Å²) in [6.07, 6.45) is 29.6. The minimum Gasteiger partial charge on any atom is -1.00 e. The molecule has 1 N–H and O–H groups in total. The van der Waals surface area contributed by atoms with E-state index in [1.165, 1.54) is 122 Å². The Morgan fingerprint density at radius 3 is 1.14 bits per heavy atom. The van der Waals surface area contributed by atoms with Crippen LogP contribution in [-0.2, 0) is 0 Å². The summed E-state index contributed by atoms with van der Waals surface area (Å²) in [5.41, 5.74) is 0. The van der Waals surface area contributed by atoms with Crippen molar-refractivity contribution >= 4 is 0 Å². The molecule has 0 saturated heterocycles. The van der Waals surface area contributed by atoms with Gasteiger partial charge in [0.2, 0.25) is 0 Å². The highest BCUT2D eigenvalue weighted by Gasteiger charge is 2.05. The largest absolute Gasteiger partial charge is 1.00 e. The number of quaternary nitrogens is 1. The zero-order valence-electron chi connectivity index (χ0n) is 19.3. The van der Waals surface area contributed by atoms with Crippen molar-refractivity contribution in [2.75, 3.05) is 19.6 Å². The van der Waals surface area contributed by atoms with E-state index < -0.39 is 0 Å². The van der Waals surface area contributed by atoms with Crippen LogP contribution in [0.1, 0.15) is 122 Å². The van der Waals surface area contributed by atoms with Crippen molar-refractivity contribution in [2.24, 2.45) is 0 Å². The number of unbranched alkanes of at least 4 members (excludes halogenated alkanes) is 15. The maximum atomic E-state index is 3.86. The fraction of sp³-hybridized carbons (Fsp3) is 0.846. The number of rotatable bonds is 23. The first kappa shape index (κ1) is 30.1. The van der Waals surface area contributed by atoms with Crippen molar-refractivity contribution in [3.63, 3.8) is 0 Å². The van der Waals surface area contributed by atoms with Gasteiger partial charge in [-0.05, 0) is 12.8 Å². The minimum absolute atomic E-state index is 0. The molecule has 0 saturated carbocycles. The molecule has 0 aliphatic heterocycles. The summed E-state index contributed by atoms with van der Waals surface area (Å²) in [5.74, 6) is 0. The van der Waals surface area contributed by atoms with E-state index in [0.717, 1.165) is 12.8 Å². The molecule has 0 fully saturated rings. The van der Waals surface area contributed by atoms with Gasteiger partial charge in [0.05, 0.1) is 19.6 Å². The molecule has 0 aromatic carbocycles. The van der Waals surface area contributed by atoms with Crippen LogP contribution in [0.3, 0.4) is 0 Å². The van der Waals surface area contributed by atoms with Crippen LogP contribution in [0.25, 0.3) is 0 Å². The molecule has 0 amide bonds. The molecule has 0 aromatic rings. The zero-order chi connectivity index (χ0) is 19.8. The first-order valence-electron chi connectivity index (χ1n) is 12.4. The van der Waals surface area contributed by atoms with Gasteiger partial charge in [-0.2, -0.15) is 0 Å². The van der Waals surface area contributed by atoms with Gasteiger partial charge in [-0.3, -0.25) is 0 Å². The lowest BCUT2D eigenvalue weighted by molar-refractivity contribution is -0.899. The van der Waals surface area contributed by atoms with E-state index in [1.54, 1.807) is 4.90 Å². The van der Waals surface area contributed by atoms with Crippen molar-refractivity contribution in [1.82, 2.24) is 0 Å². The van der Waals surface area contributed by atoms with Gasteiger partial charge in [0.1, 0.15) is 0 Å². The summed E-state index contributed by atoms with van der Waals surface area (Å²) in [7, 11) is 0. The number of nitrogens with one attached hydrogen (secondary N) is 1. The Hall–Kier alpha value is -0.0800. The Morgan fingerprint density at radius 1 is 0.500 bits per heavy atom. The summed E-state index contributed by atoms with van der Waals surface area (Å²) in [4.78, 5) is 1.74. The number of hydrogen-bond donors (Lipinski definition) is 1. The van der Waals surface area contributed by atoms with Crippen LogP contribution >= 0.6 is 0 Å². The average molecular weight is 459 g/mol. The van der Waals surface area contributed by atoms with Crippen LogP contribution in [0.5, 0.6) is 0 Å². The third-order valence-corrected chi connectivity index (χ3v) is 5.79. The van der Waals surface area contributed by atoms with Gasteiger partial charge in [-0.15, -0.1) is 13.2 Å². The highest BCUT2D eigenvalue weighted by atomic mass is 79.9. The third kappa shape index (κ3) is 24.0. The fourth-order valence-corrected chi connectivity index (χ4v) is 3.91. The van der Waals surface area contributed by atoms with Gasteiger partial charge in [0.15, 0.2) is 0 Å². The zero-order valence-corrected chi connectivity index (χ0v) is 20.9. The van der Waals surface area contributed by atoms with Crippen LogP contribution in [-0.4, -0.2) is 19.6 Å². The molecule has 0 atom stereocenters. The fourth-order valence-electron chi connectivity index (χ4n) is 3.91. The van der Waals surface area contributed by atoms with Crippen molar-refractivity contribution < 1.29 is 21.9 Å². The molecule has 28 heavy (non-hydrogen) atoms. The molecule has 0 aliphatic carbocycles. The van der Waals surface area contributed by atoms with Crippen LogP contribution in [0.2, 0.25) is 0 Å². The van der Waals surface area contributed by atoms with Crippen molar-refractivity contribution in [1.29, 1.82) is 0 Å². The van der Waals surface area contributed by atoms with Crippen molar-refractivity contribution in [2.45, 2.75) is 122 Å². The molecular weight excluding hydrogens is 406 g/mol. The molecule has 0 spiro atoms. The highest BCUT2D eigenvalue weighted by Crippen LogP contribution is 2.13. The molecule has 2 heteroatoms.